The number of nitrogens with one attached hydrogen (secondary N) is 1. The summed E-state index contributed by atoms with van der Waals surface area (Å²) in [7, 11) is 1.90. The molecule has 1 amide bonds. The molecule has 1 rings (SSSR count). The molecule has 1 aromatic rings. The van der Waals surface area contributed by atoms with Crippen LogP contribution in [0.15, 0.2) is 18.3 Å². The number of rotatable bonds is 1. The van der Waals surface area contributed by atoms with E-state index in [-0.39, 0.29) is 11.3 Å². The highest BCUT2D eigenvalue weighted by molar-refractivity contribution is 5.93. The molecule has 0 bridgehead atoms. The normalized spacial score (nSPS) is 11.4. The van der Waals surface area contributed by atoms with E-state index in [0.717, 1.165) is 5.82 Å². The molecule has 0 aliphatic rings. The first-order valence-corrected chi connectivity index (χ1v) is 4.34. The maximum absolute atomic E-state index is 11.6. The van der Waals surface area contributed by atoms with Crippen LogP contribution < -0.4 is 5.32 Å². The van der Waals surface area contributed by atoms with Gasteiger partial charge in [0.05, 0.1) is 0 Å². The number of hydrogen-bond acceptors (Lipinski definition) is 1. The molecule has 0 unspecified atom stereocenters. The largest absolute Gasteiger partial charge is 0.338 e. The van der Waals surface area contributed by atoms with Gasteiger partial charge in [-0.05, 0) is 12.1 Å². The summed E-state index contributed by atoms with van der Waals surface area (Å²) in [6.45, 7) is 5.68. The molecule has 0 fully saturated rings. The first-order chi connectivity index (χ1) is 5.91. The molecule has 0 atom stereocenters. The van der Waals surface area contributed by atoms with Crippen molar-refractivity contribution in [2.45, 2.75) is 20.8 Å². The molecule has 1 N–H and O–H groups in total. The number of aromatic nitrogens is 1. The zero-order chi connectivity index (χ0) is 10.1. The van der Waals surface area contributed by atoms with Gasteiger partial charge in [0.2, 0.25) is 5.91 Å². The average molecular weight is 180 g/mol. The smallest absolute Gasteiger partial charge is 0.230 e. The van der Waals surface area contributed by atoms with Crippen molar-refractivity contribution in [3.63, 3.8) is 0 Å². The van der Waals surface area contributed by atoms with E-state index in [9.17, 15) is 4.79 Å². The molecule has 1 heterocycles. The molecular weight excluding hydrogens is 164 g/mol. The van der Waals surface area contributed by atoms with Gasteiger partial charge >= 0.3 is 0 Å². The van der Waals surface area contributed by atoms with Gasteiger partial charge in [0.1, 0.15) is 5.82 Å². The van der Waals surface area contributed by atoms with Gasteiger partial charge in [-0.3, -0.25) is 4.79 Å². The highest BCUT2D eigenvalue weighted by atomic mass is 16.2. The van der Waals surface area contributed by atoms with Gasteiger partial charge < -0.3 is 9.88 Å². The van der Waals surface area contributed by atoms with Crippen LogP contribution in [-0.2, 0) is 11.8 Å². The number of amides is 1. The number of carbonyl (C=O) groups excluding carboxylic acids is 1. The number of carbonyl (C=O) groups is 1. The monoisotopic (exact) mass is 180 g/mol. The number of nitrogens with zero attached hydrogens (tertiary/aromatic N) is 1. The van der Waals surface area contributed by atoms with Gasteiger partial charge in [-0.15, -0.1) is 0 Å². The number of aryl methyl sites for hydroxylation is 1. The predicted octanol–water partition coefficient (Wildman–Crippen LogP) is 2.01. The zero-order valence-corrected chi connectivity index (χ0v) is 8.59. The van der Waals surface area contributed by atoms with E-state index in [1.807, 2.05) is 50.7 Å². The third kappa shape index (κ3) is 2.34. The Morgan fingerprint density at radius 3 is 2.46 bits per heavy atom. The summed E-state index contributed by atoms with van der Waals surface area (Å²) in [6, 6.07) is 3.78. The maximum atomic E-state index is 11.6. The van der Waals surface area contributed by atoms with Crippen molar-refractivity contribution >= 4 is 11.7 Å². The van der Waals surface area contributed by atoms with Crippen LogP contribution in [0.1, 0.15) is 20.8 Å². The predicted molar refractivity (Wildman–Crippen MR) is 53.5 cm³/mol. The Labute approximate surface area is 78.8 Å². The Hall–Kier alpha value is -1.25. The van der Waals surface area contributed by atoms with Crippen LogP contribution in [0, 0.1) is 5.41 Å². The molecule has 3 heteroatoms. The standard InChI is InChI=1S/C10H16N2O/c1-10(2,3)9(13)11-8-6-5-7-12(8)4/h5-7H,1-4H3,(H,11,13). The van der Waals surface area contributed by atoms with E-state index in [1.54, 1.807) is 0 Å². The fourth-order valence-corrected chi connectivity index (χ4v) is 0.895. The molecule has 3 nitrogen and oxygen atoms in total. The van der Waals surface area contributed by atoms with Gasteiger partial charge in [0.25, 0.3) is 0 Å². The topological polar surface area (TPSA) is 34.0 Å². The molecule has 0 aliphatic carbocycles. The lowest BCUT2D eigenvalue weighted by Gasteiger charge is -2.17. The van der Waals surface area contributed by atoms with Crippen LogP contribution in [0.4, 0.5) is 5.82 Å². The Balaban J connectivity index is 2.71. The molecule has 72 valence electrons. The van der Waals surface area contributed by atoms with Gasteiger partial charge in [-0.2, -0.15) is 0 Å². The minimum absolute atomic E-state index is 0.0364. The lowest BCUT2D eigenvalue weighted by Crippen LogP contribution is -2.28. The van der Waals surface area contributed by atoms with Crippen molar-refractivity contribution in [2.75, 3.05) is 5.32 Å². The van der Waals surface area contributed by atoms with Crippen molar-refractivity contribution in [3.05, 3.63) is 18.3 Å². The van der Waals surface area contributed by atoms with Crippen molar-refractivity contribution in [1.82, 2.24) is 4.57 Å². The van der Waals surface area contributed by atoms with E-state index >= 15 is 0 Å². The van der Waals surface area contributed by atoms with Crippen LogP contribution in [0.2, 0.25) is 0 Å². The van der Waals surface area contributed by atoms with Gasteiger partial charge in [-0.1, -0.05) is 20.8 Å². The zero-order valence-electron chi connectivity index (χ0n) is 8.59. The van der Waals surface area contributed by atoms with E-state index < -0.39 is 0 Å². The number of hydrogen-bond donors (Lipinski definition) is 1. The minimum atomic E-state index is -0.343. The second-order valence-electron chi connectivity index (χ2n) is 4.21. The molecule has 0 aromatic carbocycles. The molecular formula is C10H16N2O. The van der Waals surface area contributed by atoms with E-state index in [2.05, 4.69) is 5.32 Å². The van der Waals surface area contributed by atoms with Crippen molar-refractivity contribution in [2.24, 2.45) is 12.5 Å². The Morgan fingerprint density at radius 1 is 1.46 bits per heavy atom. The third-order valence-electron chi connectivity index (χ3n) is 1.87. The molecule has 0 spiro atoms. The van der Waals surface area contributed by atoms with Crippen LogP contribution in [0.25, 0.3) is 0 Å². The lowest BCUT2D eigenvalue weighted by molar-refractivity contribution is -0.123. The summed E-state index contributed by atoms with van der Waals surface area (Å²) < 4.78 is 1.88. The van der Waals surface area contributed by atoms with Crippen LogP contribution >= 0.6 is 0 Å². The molecule has 0 aliphatic heterocycles. The second kappa shape index (κ2) is 3.24. The summed E-state index contributed by atoms with van der Waals surface area (Å²) in [4.78, 5) is 11.6. The second-order valence-corrected chi connectivity index (χ2v) is 4.21. The molecule has 0 saturated carbocycles. The first-order valence-electron chi connectivity index (χ1n) is 4.34. The lowest BCUT2D eigenvalue weighted by atomic mass is 9.96. The summed E-state index contributed by atoms with van der Waals surface area (Å²) in [6.07, 6.45) is 1.90. The third-order valence-corrected chi connectivity index (χ3v) is 1.87. The van der Waals surface area contributed by atoms with E-state index in [4.69, 9.17) is 0 Å². The van der Waals surface area contributed by atoms with Crippen molar-refractivity contribution < 1.29 is 4.79 Å². The van der Waals surface area contributed by atoms with Crippen LogP contribution in [0.5, 0.6) is 0 Å². The fraction of sp³-hybridized carbons (Fsp3) is 0.500. The molecule has 0 radical (unpaired) electrons. The molecule has 1 aromatic heterocycles. The summed E-state index contributed by atoms with van der Waals surface area (Å²) in [5, 5.41) is 2.85. The Morgan fingerprint density at radius 2 is 2.08 bits per heavy atom. The van der Waals surface area contributed by atoms with E-state index in [1.165, 1.54) is 0 Å². The number of anilines is 1. The van der Waals surface area contributed by atoms with Crippen LogP contribution in [0.3, 0.4) is 0 Å². The van der Waals surface area contributed by atoms with Gasteiger partial charge in [-0.25, -0.2) is 0 Å². The van der Waals surface area contributed by atoms with Crippen LogP contribution in [-0.4, -0.2) is 10.5 Å². The Bertz CT molecular complexity index is 307. The van der Waals surface area contributed by atoms with Gasteiger partial charge in [0.15, 0.2) is 0 Å². The summed E-state index contributed by atoms with van der Waals surface area (Å²) in [5.74, 6) is 0.870. The van der Waals surface area contributed by atoms with Gasteiger partial charge in [0, 0.05) is 18.7 Å². The highest BCUT2D eigenvalue weighted by Crippen LogP contribution is 2.16. The maximum Gasteiger partial charge on any atom is 0.230 e. The van der Waals surface area contributed by atoms with Crippen molar-refractivity contribution in [1.29, 1.82) is 0 Å². The fourth-order valence-electron chi connectivity index (χ4n) is 0.895. The quantitative estimate of drug-likeness (QED) is 0.704. The highest BCUT2D eigenvalue weighted by Gasteiger charge is 2.21. The molecule has 0 saturated heterocycles. The van der Waals surface area contributed by atoms with E-state index in [0.29, 0.717) is 0 Å². The summed E-state index contributed by atoms with van der Waals surface area (Å²) in [5.41, 5.74) is -0.343. The first kappa shape index (κ1) is 9.84. The Kier molecular flexibility index (Phi) is 2.45. The summed E-state index contributed by atoms with van der Waals surface area (Å²) >= 11 is 0. The average Bonchev–Trinajstić information content (AvgIpc) is 2.34. The molecule has 13 heavy (non-hydrogen) atoms. The SMILES string of the molecule is Cn1cccc1NC(=O)C(C)(C)C. The minimum Gasteiger partial charge on any atom is -0.338 e. The van der Waals surface area contributed by atoms with Crippen molar-refractivity contribution in [3.8, 4) is 0 Å².